The fourth-order valence-electron chi connectivity index (χ4n) is 2.30. The Balaban J connectivity index is 2.08. The molecule has 0 aliphatic carbocycles. The van der Waals surface area contributed by atoms with Crippen molar-refractivity contribution in [2.45, 2.75) is 32.9 Å². The normalized spacial score (nSPS) is 22.9. The van der Waals surface area contributed by atoms with Crippen LogP contribution in [0.4, 0.5) is 8.78 Å². The lowest BCUT2D eigenvalue weighted by atomic mass is 9.95. The summed E-state index contributed by atoms with van der Waals surface area (Å²) in [6, 6.07) is 1.53. The van der Waals surface area contributed by atoms with Crippen LogP contribution in [0.25, 0.3) is 0 Å². The number of hydrogen-bond donors (Lipinski definition) is 2. The number of amides is 1. The average molecular weight is 304 g/mol. The van der Waals surface area contributed by atoms with Gasteiger partial charge in [-0.3, -0.25) is 4.79 Å². The van der Waals surface area contributed by atoms with Crippen LogP contribution in [0.3, 0.4) is 0 Å². The maximum atomic E-state index is 12.3. The molecular formula is C13H18F2N2O2S. The molecule has 0 spiro atoms. The summed E-state index contributed by atoms with van der Waals surface area (Å²) in [6.45, 7) is 2.57. The van der Waals surface area contributed by atoms with Crippen LogP contribution in [0.2, 0.25) is 0 Å². The van der Waals surface area contributed by atoms with Crippen LogP contribution in [-0.2, 0) is 0 Å². The molecule has 1 aliphatic rings. The van der Waals surface area contributed by atoms with Crippen molar-refractivity contribution in [3.05, 3.63) is 15.8 Å². The Morgan fingerprint density at radius 2 is 2.35 bits per heavy atom. The highest BCUT2D eigenvalue weighted by atomic mass is 32.1. The molecule has 4 nitrogen and oxygen atoms in total. The number of thiophene rings is 1. The summed E-state index contributed by atoms with van der Waals surface area (Å²) in [5.74, 6) is -0.0627. The molecule has 2 N–H and O–H groups in total. The second kappa shape index (κ2) is 6.49. The van der Waals surface area contributed by atoms with Gasteiger partial charge in [-0.15, -0.1) is 11.3 Å². The monoisotopic (exact) mass is 304 g/mol. The summed E-state index contributed by atoms with van der Waals surface area (Å²) in [6.07, 6.45) is 0.836. The Bertz CT molecular complexity index is 479. The number of rotatable bonds is 4. The van der Waals surface area contributed by atoms with Gasteiger partial charge in [-0.25, -0.2) is 0 Å². The van der Waals surface area contributed by atoms with E-state index in [0.717, 1.165) is 24.4 Å². The highest BCUT2D eigenvalue weighted by molar-refractivity contribution is 7.14. The third-order valence-corrected chi connectivity index (χ3v) is 4.38. The zero-order valence-electron chi connectivity index (χ0n) is 11.4. The van der Waals surface area contributed by atoms with Crippen LogP contribution in [0.15, 0.2) is 6.07 Å². The van der Waals surface area contributed by atoms with Gasteiger partial charge in [-0.05, 0) is 38.4 Å². The van der Waals surface area contributed by atoms with E-state index in [1.807, 2.05) is 6.92 Å². The van der Waals surface area contributed by atoms with Crippen LogP contribution < -0.4 is 15.4 Å². The lowest BCUT2D eigenvalue weighted by molar-refractivity contribution is -0.0498. The van der Waals surface area contributed by atoms with Crippen LogP contribution in [0.5, 0.6) is 5.75 Å². The zero-order valence-corrected chi connectivity index (χ0v) is 12.2. The van der Waals surface area contributed by atoms with Crippen LogP contribution in [-0.4, -0.2) is 31.7 Å². The van der Waals surface area contributed by atoms with E-state index in [1.54, 1.807) is 6.92 Å². The number of carbonyl (C=O) groups is 1. The fraction of sp³-hybridized carbons (Fsp3) is 0.615. The molecule has 2 unspecified atom stereocenters. The van der Waals surface area contributed by atoms with Gasteiger partial charge in [0.15, 0.2) is 0 Å². The summed E-state index contributed by atoms with van der Waals surface area (Å²) in [5, 5.41) is 6.17. The van der Waals surface area contributed by atoms with E-state index in [4.69, 9.17) is 0 Å². The van der Waals surface area contributed by atoms with E-state index < -0.39 is 6.61 Å². The number of nitrogens with one attached hydrogen (secondary N) is 2. The number of hydrogen-bond acceptors (Lipinski definition) is 4. The number of carbonyl (C=O) groups excluding carboxylic acids is 1. The molecule has 1 aliphatic heterocycles. The Morgan fingerprint density at radius 3 is 3.00 bits per heavy atom. The summed E-state index contributed by atoms with van der Waals surface area (Å²) >= 11 is 1.17. The molecule has 2 atom stereocenters. The van der Waals surface area contributed by atoms with Crippen molar-refractivity contribution in [3.8, 4) is 5.75 Å². The first-order valence-corrected chi connectivity index (χ1v) is 7.36. The first-order chi connectivity index (χ1) is 9.47. The van der Waals surface area contributed by atoms with Crippen molar-refractivity contribution in [1.29, 1.82) is 0 Å². The van der Waals surface area contributed by atoms with Crippen molar-refractivity contribution in [3.63, 3.8) is 0 Å². The second-order valence-corrected chi connectivity index (χ2v) is 6.24. The van der Waals surface area contributed by atoms with Gasteiger partial charge in [-0.2, -0.15) is 8.78 Å². The van der Waals surface area contributed by atoms with Gasteiger partial charge in [0.2, 0.25) is 0 Å². The summed E-state index contributed by atoms with van der Waals surface area (Å²) in [7, 11) is 0. The second-order valence-electron chi connectivity index (χ2n) is 4.98. The minimum Gasteiger partial charge on any atom is -0.433 e. The largest absolute Gasteiger partial charge is 0.433 e. The maximum absolute atomic E-state index is 12.3. The Kier molecular flexibility index (Phi) is 4.93. The highest BCUT2D eigenvalue weighted by Crippen LogP contribution is 2.30. The Morgan fingerprint density at radius 1 is 1.60 bits per heavy atom. The molecule has 2 heterocycles. The smallest absolute Gasteiger partial charge is 0.387 e. The van der Waals surface area contributed by atoms with Gasteiger partial charge in [0.25, 0.3) is 5.91 Å². The summed E-state index contributed by atoms with van der Waals surface area (Å²) in [4.78, 5) is 13.2. The van der Waals surface area contributed by atoms with Crippen molar-refractivity contribution >= 4 is 17.2 Å². The standard InChI is InChI=1S/C13H18F2N2O2S/c1-7-6-16-4-3-9(7)17-12(18)11-10(19-13(14)15)5-8(2)20-11/h5,7,9,13,16H,3-4,6H2,1-2H3,(H,17,18). The van der Waals surface area contributed by atoms with E-state index in [2.05, 4.69) is 15.4 Å². The molecule has 1 aromatic rings. The first kappa shape index (κ1) is 15.2. The number of aryl methyl sites for hydroxylation is 1. The van der Waals surface area contributed by atoms with E-state index in [1.165, 1.54) is 17.4 Å². The van der Waals surface area contributed by atoms with Gasteiger partial charge in [0.1, 0.15) is 10.6 Å². The van der Waals surface area contributed by atoms with Gasteiger partial charge in [0.05, 0.1) is 0 Å². The van der Waals surface area contributed by atoms with Crippen LogP contribution in [0, 0.1) is 12.8 Å². The van der Waals surface area contributed by atoms with Gasteiger partial charge < -0.3 is 15.4 Å². The van der Waals surface area contributed by atoms with Gasteiger partial charge in [-0.1, -0.05) is 6.92 Å². The predicted octanol–water partition coefficient (Wildman–Crippen LogP) is 2.39. The number of alkyl halides is 2. The topological polar surface area (TPSA) is 50.4 Å². The molecule has 0 saturated carbocycles. The van der Waals surface area contributed by atoms with Crippen molar-refractivity contribution in [2.75, 3.05) is 13.1 Å². The Hall–Kier alpha value is -1.21. The lowest BCUT2D eigenvalue weighted by Gasteiger charge is -2.30. The van der Waals surface area contributed by atoms with Gasteiger partial charge in [0, 0.05) is 10.9 Å². The van der Waals surface area contributed by atoms with E-state index in [9.17, 15) is 13.6 Å². The van der Waals surface area contributed by atoms with Crippen LogP contribution >= 0.6 is 11.3 Å². The maximum Gasteiger partial charge on any atom is 0.387 e. The molecule has 7 heteroatoms. The molecule has 0 bridgehead atoms. The predicted molar refractivity (Wildman–Crippen MR) is 73.6 cm³/mol. The number of piperidine rings is 1. The molecule has 0 aromatic carbocycles. The molecule has 20 heavy (non-hydrogen) atoms. The lowest BCUT2D eigenvalue weighted by Crippen LogP contribution is -2.48. The number of ether oxygens (including phenoxy) is 1. The van der Waals surface area contributed by atoms with Gasteiger partial charge >= 0.3 is 6.61 Å². The van der Waals surface area contributed by atoms with Crippen LogP contribution in [0.1, 0.15) is 27.9 Å². The van der Waals surface area contributed by atoms with E-state index in [-0.39, 0.29) is 22.6 Å². The third-order valence-electron chi connectivity index (χ3n) is 3.35. The molecule has 1 saturated heterocycles. The molecule has 1 amide bonds. The molecule has 1 fully saturated rings. The fourth-order valence-corrected chi connectivity index (χ4v) is 3.14. The number of halogens is 2. The molecular weight excluding hydrogens is 286 g/mol. The molecule has 0 radical (unpaired) electrons. The van der Waals surface area contributed by atoms with Crippen molar-refractivity contribution < 1.29 is 18.3 Å². The molecule has 1 aromatic heterocycles. The minimum atomic E-state index is -2.92. The average Bonchev–Trinajstić information content (AvgIpc) is 2.72. The molecule has 112 valence electrons. The minimum absolute atomic E-state index is 0.0402. The summed E-state index contributed by atoms with van der Waals surface area (Å²) < 4.78 is 29.1. The van der Waals surface area contributed by atoms with Crippen molar-refractivity contribution in [1.82, 2.24) is 10.6 Å². The van der Waals surface area contributed by atoms with Crippen molar-refractivity contribution in [2.24, 2.45) is 5.92 Å². The molecule has 2 rings (SSSR count). The zero-order chi connectivity index (χ0) is 14.7. The highest BCUT2D eigenvalue weighted by Gasteiger charge is 2.26. The van der Waals surface area contributed by atoms with E-state index in [0.29, 0.717) is 5.92 Å². The Labute approximate surface area is 120 Å². The SMILES string of the molecule is Cc1cc(OC(F)F)c(C(=O)NC2CCNCC2C)s1. The van der Waals surface area contributed by atoms with E-state index >= 15 is 0 Å². The summed E-state index contributed by atoms with van der Waals surface area (Å²) in [5.41, 5.74) is 0. The quantitative estimate of drug-likeness (QED) is 0.898. The third kappa shape index (κ3) is 3.67. The first-order valence-electron chi connectivity index (χ1n) is 6.54.